The lowest BCUT2D eigenvalue weighted by molar-refractivity contribution is -0.167. The van der Waals surface area contributed by atoms with Crippen molar-refractivity contribution in [3.63, 3.8) is 0 Å². The molecule has 0 spiro atoms. The van der Waals surface area contributed by atoms with E-state index in [2.05, 4.69) is 20.8 Å². The standard InChI is InChI=1S/C55H106O6/c1-4-7-10-13-16-19-22-25-26-27-28-29-31-34-36-39-42-45-48-54(57)60-51-52(61-55(58)49-46-43-40-37-32-24-21-18-15-12-9-6-3)50-59-53(56)47-44-41-38-35-33-30-23-20-17-14-11-8-5-2/h52H,4-51H2,1-3H3/t52-/m1/s1. The van der Waals surface area contributed by atoms with E-state index in [1.54, 1.807) is 0 Å². The third kappa shape index (κ3) is 49.3. The highest BCUT2D eigenvalue weighted by atomic mass is 16.6. The van der Waals surface area contributed by atoms with Crippen molar-refractivity contribution in [1.82, 2.24) is 0 Å². The third-order valence-corrected chi connectivity index (χ3v) is 12.6. The fourth-order valence-electron chi connectivity index (χ4n) is 8.45. The molecule has 0 aliphatic rings. The van der Waals surface area contributed by atoms with Crippen LogP contribution in [0, 0.1) is 0 Å². The molecule has 0 aromatic heterocycles. The van der Waals surface area contributed by atoms with Gasteiger partial charge in [0.05, 0.1) is 0 Å². The molecule has 0 unspecified atom stereocenters. The molecule has 0 aliphatic carbocycles. The van der Waals surface area contributed by atoms with Gasteiger partial charge in [-0.1, -0.05) is 278 Å². The van der Waals surface area contributed by atoms with Crippen LogP contribution in [0.3, 0.4) is 0 Å². The topological polar surface area (TPSA) is 78.9 Å². The average molecular weight is 863 g/mol. The van der Waals surface area contributed by atoms with Crippen LogP contribution in [0.5, 0.6) is 0 Å². The zero-order valence-corrected chi connectivity index (χ0v) is 41.5. The van der Waals surface area contributed by atoms with Crippen LogP contribution in [0.25, 0.3) is 0 Å². The van der Waals surface area contributed by atoms with E-state index in [4.69, 9.17) is 14.2 Å². The van der Waals surface area contributed by atoms with Crippen LogP contribution in [-0.2, 0) is 28.6 Å². The normalized spacial score (nSPS) is 11.9. The predicted molar refractivity (Wildman–Crippen MR) is 261 cm³/mol. The Balaban J connectivity index is 4.25. The van der Waals surface area contributed by atoms with Crippen LogP contribution in [0.1, 0.15) is 316 Å². The molecule has 0 fully saturated rings. The molecule has 61 heavy (non-hydrogen) atoms. The van der Waals surface area contributed by atoms with Crippen molar-refractivity contribution in [3.05, 3.63) is 0 Å². The fourth-order valence-corrected chi connectivity index (χ4v) is 8.45. The first kappa shape index (κ1) is 59.4. The molecule has 0 radical (unpaired) electrons. The molecule has 0 amide bonds. The largest absolute Gasteiger partial charge is 0.462 e. The number of rotatable bonds is 51. The van der Waals surface area contributed by atoms with E-state index in [-0.39, 0.29) is 31.1 Å². The molecule has 6 heteroatoms. The summed E-state index contributed by atoms with van der Waals surface area (Å²) in [6.45, 7) is 6.69. The lowest BCUT2D eigenvalue weighted by atomic mass is 10.0. The zero-order chi connectivity index (χ0) is 44.4. The van der Waals surface area contributed by atoms with E-state index in [1.807, 2.05) is 0 Å². The first-order chi connectivity index (χ1) is 30.0. The summed E-state index contributed by atoms with van der Waals surface area (Å²) < 4.78 is 16.8. The molecule has 1 atom stereocenters. The third-order valence-electron chi connectivity index (χ3n) is 12.6. The maximum atomic E-state index is 12.8. The number of ether oxygens (including phenoxy) is 3. The number of unbranched alkanes of at least 4 members (excludes halogenated alkanes) is 40. The van der Waals surface area contributed by atoms with Crippen LogP contribution < -0.4 is 0 Å². The maximum Gasteiger partial charge on any atom is 0.306 e. The molecular formula is C55H106O6. The highest BCUT2D eigenvalue weighted by Crippen LogP contribution is 2.17. The minimum absolute atomic E-state index is 0.0614. The minimum atomic E-state index is -0.760. The van der Waals surface area contributed by atoms with Gasteiger partial charge in [0.25, 0.3) is 0 Å². The Labute approximate surface area is 380 Å². The van der Waals surface area contributed by atoms with Gasteiger partial charge < -0.3 is 14.2 Å². The average Bonchev–Trinajstić information content (AvgIpc) is 3.26. The fraction of sp³-hybridized carbons (Fsp3) is 0.945. The van der Waals surface area contributed by atoms with Crippen LogP contribution in [0.15, 0.2) is 0 Å². The van der Waals surface area contributed by atoms with Crippen molar-refractivity contribution in [2.45, 2.75) is 322 Å². The Hall–Kier alpha value is -1.59. The second kappa shape index (κ2) is 51.0. The predicted octanol–water partition coefficient (Wildman–Crippen LogP) is 18.0. The van der Waals surface area contributed by atoms with Crippen molar-refractivity contribution in [2.75, 3.05) is 13.2 Å². The van der Waals surface area contributed by atoms with E-state index in [9.17, 15) is 14.4 Å². The number of carbonyl (C=O) groups excluding carboxylic acids is 3. The summed E-state index contributed by atoms with van der Waals surface area (Å²) in [5.41, 5.74) is 0. The first-order valence-electron chi connectivity index (χ1n) is 27.5. The van der Waals surface area contributed by atoms with Crippen LogP contribution in [-0.4, -0.2) is 37.2 Å². The van der Waals surface area contributed by atoms with E-state index in [1.165, 1.54) is 218 Å². The molecule has 0 saturated carbocycles. The Morgan fingerprint density at radius 3 is 0.656 bits per heavy atom. The second-order valence-corrected chi connectivity index (χ2v) is 18.9. The van der Waals surface area contributed by atoms with E-state index >= 15 is 0 Å². The van der Waals surface area contributed by atoms with Gasteiger partial charge >= 0.3 is 17.9 Å². The molecule has 0 saturated heterocycles. The summed E-state index contributed by atoms with van der Waals surface area (Å²) in [5.74, 6) is -0.837. The Kier molecular flexibility index (Phi) is 49.7. The van der Waals surface area contributed by atoms with Crippen LogP contribution >= 0.6 is 0 Å². The zero-order valence-electron chi connectivity index (χ0n) is 41.5. The van der Waals surface area contributed by atoms with Crippen molar-refractivity contribution in [2.24, 2.45) is 0 Å². The number of esters is 3. The minimum Gasteiger partial charge on any atom is -0.462 e. The molecule has 0 N–H and O–H groups in total. The molecular weight excluding hydrogens is 757 g/mol. The highest BCUT2D eigenvalue weighted by Gasteiger charge is 2.19. The molecule has 0 aromatic carbocycles. The number of hydrogen-bond acceptors (Lipinski definition) is 6. The summed E-state index contributed by atoms with van der Waals surface area (Å²) in [4.78, 5) is 38.0. The van der Waals surface area contributed by atoms with Gasteiger partial charge in [-0.3, -0.25) is 14.4 Å². The van der Waals surface area contributed by atoms with Crippen molar-refractivity contribution in [1.29, 1.82) is 0 Å². The Morgan fingerprint density at radius 2 is 0.443 bits per heavy atom. The SMILES string of the molecule is CCCCCCCCCCCCCCCCCCCCC(=O)OC[C@@H](COC(=O)CCCCCCCCCCCCCCC)OC(=O)CCCCCCCCCCCCCC. The number of hydrogen-bond donors (Lipinski definition) is 0. The van der Waals surface area contributed by atoms with E-state index in [0.29, 0.717) is 19.3 Å². The Morgan fingerprint density at radius 1 is 0.262 bits per heavy atom. The van der Waals surface area contributed by atoms with E-state index < -0.39 is 6.10 Å². The summed E-state index contributed by atoms with van der Waals surface area (Å²) >= 11 is 0. The molecule has 0 heterocycles. The molecule has 0 bridgehead atoms. The van der Waals surface area contributed by atoms with Gasteiger partial charge in [0.2, 0.25) is 0 Å². The van der Waals surface area contributed by atoms with Crippen LogP contribution in [0.4, 0.5) is 0 Å². The molecule has 362 valence electrons. The summed E-state index contributed by atoms with van der Waals surface area (Å²) in [6, 6.07) is 0. The van der Waals surface area contributed by atoms with Gasteiger partial charge in [0, 0.05) is 19.3 Å². The molecule has 6 nitrogen and oxygen atoms in total. The van der Waals surface area contributed by atoms with Crippen LogP contribution in [0.2, 0.25) is 0 Å². The quantitative estimate of drug-likeness (QED) is 0.0344. The Bertz CT molecular complexity index is 905. The van der Waals surface area contributed by atoms with Crippen molar-refractivity contribution < 1.29 is 28.6 Å². The van der Waals surface area contributed by atoms with Crippen molar-refractivity contribution >= 4 is 17.9 Å². The lowest BCUT2D eigenvalue weighted by Gasteiger charge is -2.18. The molecule has 0 aliphatic heterocycles. The van der Waals surface area contributed by atoms with Gasteiger partial charge in [-0.05, 0) is 19.3 Å². The van der Waals surface area contributed by atoms with Gasteiger partial charge in [0.1, 0.15) is 13.2 Å². The van der Waals surface area contributed by atoms with Gasteiger partial charge in [-0.15, -0.1) is 0 Å². The van der Waals surface area contributed by atoms with Gasteiger partial charge in [0.15, 0.2) is 6.10 Å². The first-order valence-corrected chi connectivity index (χ1v) is 27.5. The highest BCUT2D eigenvalue weighted by molar-refractivity contribution is 5.71. The molecule has 0 rings (SSSR count). The lowest BCUT2D eigenvalue weighted by Crippen LogP contribution is -2.30. The molecule has 0 aromatic rings. The summed E-state index contributed by atoms with van der Waals surface area (Å²) in [5, 5.41) is 0. The second-order valence-electron chi connectivity index (χ2n) is 18.9. The summed E-state index contributed by atoms with van der Waals surface area (Å²) in [7, 11) is 0. The van der Waals surface area contributed by atoms with E-state index in [0.717, 1.165) is 57.8 Å². The monoisotopic (exact) mass is 863 g/mol. The summed E-state index contributed by atoms with van der Waals surface area (Å²) in [6.07, 6.45) is 55.1. The maximum absolute atomic E-state index is 12.8. The van der Waals surface area contributed by atoms with Crippen molar-refractivity contribution in [3.8, 4) is 0 Å². The van der Waals surface area contributed by atoms with Gasteiger partial charge in [-0.2, -0.15) is 0 Å². The number of carbonyl (C=O) groups is 3. The van der Waals surface area contributed by atoms with Gasteiger partial charge in [-0.25, -0.2) is 0 Å². The smallest absolute Gasteiger partial charge is 0.306 e.